The van der Waals surface area contributed by atoms with Gasteiger partial charge in [-0.15, -0.1) is 11.8 Å². The standard InChI is InChI=1S/C17H21NS/c1-4-14-8-10-15(11-9-14)13(2)18-16-6-5-7-17(12-16)19-3/h5-13,18H,4H2,1-3H3. The Hall–Kier alpha value is -1.41. The average Bonchev–Trinajstić information content (AvgIpc) is 2.47. The van der Waals surface area contributed by atoms with Gasteiger partial charge in [0.25, 0.3) is 0 Å². The summed E-state index contributed by atoms with van der Waals surface area (Å²) in [6.07, 6.45) is 3.20. The molecule has 1 unspecified atom stereocenters. The summed E-state index contributed by atoms with van der Waals surface area (Å²) in [7, 11) is 0. The van der Waals surface area contributed by atoms with Crippen molar-refractivity contribution in [3.63, 3.8) is 0 Å². The minimum atomic E-state index is 0.322. The number of hydrogen-bond donors (Lipinski definition) is 1. The summed E-state index contributed by atoms with van der Waals surface area (Å²) in [5, 5.41) is 3.56. The molecule has 2 rings (SSSR count). The average molecular weight is 271 g/mol. The minimum Gasteiger partial charge on any atom is -0.378 e. The first-order chi connectivity index (χ1) is 9.22. The van der Waals surface area contributed by atoms with Crippen molar-refractivity contribution in [2.24, 2.45) is 0 Å². The van der Waals surface area contributed by atoms with Crippen molar-refractivity contribution in [3.8, 4) is 0 Å². The number of benzene rings is 2. The van der Waals surface area contributed by atoms with Crippen LogP contribution in [0.1, 0.15) is 31.0 Å². The molecule has 19 heavy (non-hydrogen) atoms. The molecule has 0 radical (unpaired) electrons. The molecule has 0 bridgehead atoms. The number of thioether (sulfide) groups is 1. The lowest BCUT2D eigenvalue weighted by molar-refractivity contribution is 0.882. The third kappa shape index (κ3) is 3.77. The maximum absolute atomic E-state index is 3.56. The SMILES string of the molecule is CCc1ccc(C(C)Nc2cccc(SC)c2)cc1. The van der Waals surface area contributed by atoms with Crippen molar-refractivity contribution < 1.29 is 0 Å². The fourth-order valence-electron chi connectivity index (χ4n) is 2.09. The fourth-order valence-corrected chi connectivity index (χ4v) is 2.55. The zero-order valence-corrected chi connectivity index (χ0v) is 12.6. The molecular formula is C17H21NS. The third-order valence-corrected chi connectivity index (χ3v) is 4.07. The van der Waals surface area contributed by atoms with Crippen molar-refractivity contribution >= 4 is 17.4 Å². The molecule has 0 heterocycles. The predicted octanol–water partition coefficient (Wildman–Crippen LogP) is 5.14. The second-order valence-electron chi connectivity index (χ2n) is 4.69. The second-order valence-corrected chi connectivity index (χ2v) is 5.57. The van der Waals surface area contributed by atoms with Crippen LogP contribution >= 0.6 is 11.8 Å². The van der Waals surface area contributed by atoms with E-state index in [9.17, 15) is 0 Å². The van der Waals surface area contributed by atoms with Crippen LogP contribution in [0.5, 0.6) is 0 Å². The van der Waals surface area contributed by atoms with Gasteiger partial charge in [-0.3, -0.25) is 0 Å². The first kappa shape index (κ1) is 14.0. The van der Waals surface area contributed by atoms with Crippen LogP contribution in [-0.4, -0.2) is 6.26 Å². The van der Waals surface area contributed by atoms with Gasteiger partial charge in [-0.25, -0.2) is 0 Å². The molecular weight excluding hydrogens is 250 g/mol. The zero-order chi connectivity index (χ0) is 13.7. The highest BCUT2D eigenvalue weighted by Crippen LogP contribution is 2.23. The molecule has 2 aromatic carbocycles. The van der Waals surface area contributed by atoms with E-state index in [0.29, 0.717) is 6.04 Å². The maximum Gasteiger partial charge on any atom is 0.0485 e. The molecule has 2 aromatic rings. The van der Waals surface area contributed by atoms with Crippen molar-refractivity contribution in [2.75, 3.05) is 11.6 Å². The van der Waals surface area contributed by atoms with E-state index in [2.05, 4.69) is 74.0 Å². The summed E-state index contributed by atoms with van der Waals surface area (Å²) in [4.78, 5) is 1.29. The summed E-state index contributed by atoms with van der Waals surface area (Å²) in [6.45, 7) is 4.39. The van der Waals surface area contributed by atoms with Gasteiger partial charge in [0.15, 0.2) is 0 Å². The Morgan fingerprint density at radius 2 is 1.84 bits per heavy atom. The first-order valence-corrected chi connectivity index (χ1v) is 7.95. The van der Waals surface area contributed by atoms with Crippen LogP contribution in [0.2, 0.25) is 0 Å². The molecule has 0 spiro atoms. The summed E-state index contributed by atoms with van der Waals surface area (Å²) in [5.41, 5.74) is 3.89. The number of hydrogen-bond acceptors (Lipinski definition) is 2. The topological polar surface area (TPSA) is 12.0 Å². The number of aryl methyl sites for hydroxylation is 1. The highest BCUT2D eigenvalue weighted by molar-refractivity contribution is 7.98. The molecule has 0 fully saturated rings. The van der Waals surface area contributed by atoms with E-state index in [1.54, 1.807) is 11.8 Å². The van der Waals surface area contributed by atoms with Gasteiger partial charge in [-0.05, 0) is 48.9 Å². The summed E-state index contributed by atoms with van der Waals surface area (Å²) < 4.78 is 0. The minimum absolute atomic E-state index is 0.322. The van der Waals surface area contributed by atoms with E-state index in [1.807, 2.05) is 0 Å². The molecule has 0 aromatic heterocycles. The van der Waals surface area contributed by atoms with E-state index in [0.717, 1.165) is 6.42 Å². The van der Waals surface area contributed by atoms with Gasteiger partial charge in [-0.2, -0.15) is 0 Å². The van der Waals surface area contributed by atoms with Gasteiger partial charge in [0.05, 0.1) is 0 Å². The van der Waals surface area contributed by atoms with Crippen LogP contribution in [0.15, 0.2) is 53.4 Å². The van der Waals surface area contributed by atoms with E-state index < -0.39 is 0 Å². The molecule has 1 nitrogen and oxygen atoms in total. The molecule has 0 aliphatic rings. The summed E-state index contributed by atoms with van der Waals surface area (Å²) in [6, 6.07) is 17.7. The highest BCUT2D eigenvalue weighted by atomic mass is 32.2. The lowest BCUT2D eigenvalue weighted by atomic mass is 10.0. The van der Waals surface area contributed by atoms with Crippen LogP contribution in [-0.2, 0) is 6.42 Å². The molecule has 0 aliphatic carbocycles. The largest absolute Gasteiger partial charge is 0.378 e. The zero-order valence-electron chi connectivity index (χ0n) is 11.8. The quantitative estimate of drug-likeness (QED) is 0.755. The van der Waals surface area contributed by atoms with Crippen molar-refractivity contribution in [3.05, 3.63) is 59.7 Å². The normalized spacial score (nSPS) is 12.2. The van der Waals surface area contributed by atoms with Gasteiger partial charge in [0.2, 0.25) is 0 Å². The Morgan fingerprint density at radius 3 is 2.47 bits per heavy atom. The molecule has 1 N–H and O–H groups in total. The molecule has 0 amide bonds. The Morgan fingerprint density at radius 1 is 1.11 bits per heavy atom. The Bertz CT molecular complexity index is 519. The van der Waals surface area contributed by atoms with Crippen molar-refractivity contribution in [1.82, 2.24) is 0 Å². The predicted molar refractivity (Wildman–Crippen MR) is 86.1 cm³/mol. The first-order valence-electron chi connectivity index (χ1n) is 6.72. The van der Waals surface area contributed by atoms with E-state index >= 15 is 0 Å². The maximum atomic E-state index is 3.56. The second kappa shape index (κ2) is 6.67. The number of rotatable bonds is 5. The number of anilines is 1. The third-order valence-electron chi connectivity index (χ3n) is 3.34. The Kier molecular flexibility index (Phi) is 4.92. The van der Waals surface area contributed by atoms with Crippen LogP contribution in [0, 0.1) is 0 Å². The summed E-state index contributed by atoms with van der Waals surface area (Å²) >= 11 is 1.77. The van der Waals surface area contributed by atoms with Crippen molar-refractivity contribution in [2.45, 2.75) is 31.2 Å². The smallest absolute Gasteiger partial charge is 0.0485 e. The van der Waals surface area contributed by atoms with Gasteiger partial charge >= 0.3 is 0 Å². The fraction of sp³-hybridized carbons (Fsp3) is 0.294. The van der Waals surface area contributed by atoms with Crippen LogP contribution in [0.4, 0.5) is 5.69 Å². The van der Waals surface area contributed by atoms with Gasteiger partial charge in [0, 0.05) is 16.6 Å². The number of nitrogens with one attached hydrogen (secondary N) is 1. The van der Waals surface area contributed by atoms with Crippen LogP contribution in [0.25, 0.3) is 0 Å². The van der Waals surface area contributed by atoms with Crippen molar-refractivity contribution in [1.29, 1.82) is 0 Å². The monoisotopic (exact) mass is 271 g/mol. The van der Waals surface area contributed by atoms with E-state index in [-0.39, 0.29) is 0 Å². The van der Waals surface area contributed by atoms with Crippen LogP contribution < -0.4 is 5.32 Å². The summed E-state index contributed by atoms with van der Waals surface area (Å²) in [5.74, 6) is 0. The molecule has 0 aliphatic heterocycles. The van der Waals surface area contributed by atoms with Gasteiger partial charge in [0.1, 0.15) is 0 Å². The van der Waals surface area contributed by atoms with Gasteiger partial charge < -0.3 is 5.32 Å². The molecule has 0 saturated carbocycles. The molecule has 0 saturated heterocycles. The van der Waals surface area contributed by atoms with Gasteiger partial charge in [-0.1, -0.05) is 37.3 Å². The van der Waals surface area contributed by atoms with E-state index in [1.165, 1.54) is 21.7 Å². The molecule has 1 atom stereocenters. The van der Waals surface area contributed by atoms with Crippen LogP contribution in [0.3, 0.4) is 0 Å². The highest BCUT2D eigenvalue weighted by Gasteiger charge is 2.05. The lowest BCUT2D eigenvalue weighted by Crippen LogP contribution is -2.06. The van der Waals surface area contributed by atoms with E-state index in [4.69, 9.17) is 0 Å². The Labute approximate surface area is 120 Å². The lowest BCUT2D eigenvalue weighted by Gasteiger charge is -2.16. The molecule has 100 valence electrons. The molecule has 2 heteroatoms. The Balaban J connectivity index is 2.08.